The van der Waals surface area contributed by atoms with Gasteiger partial charge in [-0.3, -0.25) is 0 Å². The molecule has 10 heteroatoms. The SMILES string of the molecule is C=C1COC(C)(C)O[C@H]1[C@@H]1OC(C)(C)O[C@@H]1C(O)C(O)[C@H]1OC(C)(C)O[C@H]1[C@@H]1OC(C)(C)OCC1=C. The molecule has 0 aromatic rings. The van der Waals surface area contributed by atoms with Crippen LogP contribution in [0.5, 0.6) is 0 Å². The van der Waals surface area contributed by atoms with E-state index in [1.165, 1.54) is 0 Å². The minimum atomic E-state index is -1.41. The van der Waals surface area contributed by atoms with Crippen LogP contribution < -0.4 is 0 Å². The molecule has 206 valence electrons. The van der Waals surface area contributed by atoms with E-state index in [1.54, 1.807) is 55.4 Å². The maximum absolute atomic E-state index is 11.5. The summed E-state index contributed by atoms with van der Waals surface area (Å²) in [4.78, 5) is 0. The molecule has 10 nitrogen and oxygen atoms in total. The van der Waals surface area contributed by atoms with Crippen LogP contribution in [0.4, 0.5) is 0 Å². The van der Waals surface area contributed by atoms with Gasteiger partial charge in [0.2, 0.25) is 0 Å². The van der Waals surface area contributed by atoms with E-state index < -0.39 is 72.0 Å². The number of hydrogen-bond donors (Lipinski definition) is 2. The van der Waals surface area contributed by atoms with Crippen LogP contribution in [0.3, 0.4) is 0 Å². The standard InChI is InChI=1S/C26H42O10/c1-13-11-29-23(3,4)31-17(13)21-19(33-25(7,8)35-21)15(27)16(28)20-22(36-26(9,10)34-20)18-14(2)12-30-24(5,6)32-18/h15-22,27-28H,1-2,11-12H2,3-10H3/t15?,16?,17-,18-,19-,20-,21+,22+/m1/s1. The van der Waals surface area contributed by atoms with Gasteiger partial charge in [0.25, 0.3) is 0 Å². The maximum atomic E-state index is 11.5. The van der Waals surface area contributed by atoms with Crippen molar-refractivity contribution in [3.05, 3.63) is 24.3 Å². The fraction of sp³-hybridized carbons (Fsp3) is 0.846. The van der Waals surface area contributed by atoms with Crippen molar-refractivity contribution in [3.8, 4) is 0 Å². The predicted octanol–water partition coefficient (Wildman–Crippen LogP) is 2.16. The minimum absolute atomic E-state index is 0.276. The third kappa shape index (κ3) is 5.73. The van der Waals surface area contributed by atoms with Crippen LogP contribution in [-0.2, 0) is 37.9 Å². The molecule has 4 heterocycles. The van der Waals surface area contributed by atoms with E-state index in [1.807, 2.05) is 0 Å². The van der Waals surface area contributed by atoms with Crippen molar-refractivity contribution in [2.45, 2.75) is 127 Å². The van der Waals surface area contributed by atoms with Crippen LogP contribution in [0, 0.1) is 0 Å². The van der Waals surface area contributed by atoms with E-state index in [4.69, 9.17) is 37.9 Å². The molecular formula is C26H42O10. The lowest BCUT2D eigenvalue weighted by Gasteiger charge is -2.42. The van der Waals surface area contributed by atoms with Crippen LogP contribution in [0.15, 0.2) is 24.3 Å². The zero-order valence-corrected chi connectivity index (χ0v) is 22.6. The van der Waals surface area contributed by atoms with Crippen molar-refractivity contribution in [2.24, 2.45) is 0 Å². The molecule has 0 aromatic heterocycles. The highest BCUT2D eigenvalue weighted by Gasteiger charge is 2.58. The molecule has 0 amide bonds. The molecule has 8 atom stereocenters. The summed E-state index contributed by atoms with van der Waals surface area (Å²) in [5, 5.41) is 23.0. The van der Waals surface area contributed by atoms with Crippen molar-refractivity contribution in [2.75, 3.05) is 13.2 Å². The van der Waals surface area contributed by atoms with Crippen molar-refractivity contribution in [1.82, 2.24) is 0 Å². The van der Waals surface area contributed by atoms with Crippen LogP contribution in [0.1, 0.15) is 55.4 Å². The van der Waals surface area contributed by atoms with Gasteiger partial charge in [0.05, 0.1) is 13.2 Å². The minimum Gasteiger partial charge on any atom is -0.387 e. The average Bonchev–Trinajstić information content (AvgIpc) is 3.25. The van der Waals surface area contributed by atoms with Crippen molar-refractivity contribution in [1.29, 1.82) is 0 Å². The summed E-state index contributed by atoms with van der Waals surface area (Å²) in [6.45, 7) is 22.9. The number of aliphatic hydroxyl groups is 2. The van der Waals surface area contributed by atoms with Crippen LogP contribution >= 0.6 is 0 Å². The van der Waals surface area contributed by atoms with E-state index in [0.29, 0.717) is 11.1 Å². The Morgan fingerprint density at radius 2 is 0.917 bits per heavy atom. The molecule has 0 spiro atoms. The molecule has 0 bridgehead atoms. The zero-order chi connectivity index (χ0) is 26.8. The van der Waals surface area contributed by atoms with Crippen LogP contribution in [-0.4, -0.2) is 95.4 Å². The highest BCUT2D eigenvalue weighted by atomic mass is 16.8. The number of aliphatic hydroxyl groups excluding tert-OH is 2. The largest absolute Gasteiger partial charge is 0.387 e. The topological polar surface area (TPSA) is 114 Å². The Hall–Kier alpha value is -0.920. The summed E-state index contributed by atoms with van der Waals surface area (Å²) in [7, 11) is 0. The quantitative estimate of drug-likeness (QED) is 0.529. The van der Waals surface area contributed by atoms with Gasteiger partial charge >= 0.3 is 0 Å². The van der Waals surface area contributed by atoms with E-state index in [9.17, 15) is 10.2 Å². The van der Waals surface area contributed by atoms with Gasteiger partial charge in [-0.15, -0.1) is 0 Å². The molecule has 4 aliphatic rings. The monoisotopic (exact) mass is 514 g/mol. The fourth-order valence-electron chi connectivity index (χ4n) is 5.16. The highest BCUT2D eigenvalue weighted by molar-refractivity contribution is 5.15. The lowest BCUT2D eigenvalue weighted by atomic mass is 9.89. The van der Waals surface area contributed by atoms with Crippen LogP contribution in [0.25, 0.3) is 0 Å². The normalized spacial score (nSPS) is 41.3. The first kappa shape index (κ1) is 28.1. The third-order valence-electron chi connectivity index (χ3n) is 6.78. The Labute approximate surface area is 213 Å². The third-order valence-corrected chi connectivity index (χ3v) is 6.78. The van der Waals surface area contributed by atoms with Gasteiger partial charge in [0.15, 0.2) is 23.1 Å². The van der Waals surface area contributed by atoms with Gasteiger partial charge < -0.3 is 48.1 Å². The molecule has 4 fully saturated rings. The van der Waals surface area contributed by atoms with Crippen molar-refractivity contribution < 1.29 is 48.1 Å². The summed E-state index contributed by atoms with van der Waals surface area (Å²) in [5.41, 5.74) is 1.31. The zero-order valence-electron chi connectivity index (χ0n) is 22.6. The Kier molecular flexibility index (Phi) is 7.31. The summed E-state index contributed by atoms with van der Waals surface area (Å²) >= 11 is 0. The predicted molar refractivity (Wildman–Crippen MR) is 128 cm³/mol. The number of hydrogen-bond acceptors (Lipinski definition) is 10. The highest BCUT2D eigenvalue weighted by Crippen LogP contribution is 2.42. The molecule has 4 rings (SSSR count). The van der Waals surface area contributed by atoms with E-state index in [0.717, 1.165) is 0 Å². The second kappa shape index (κ2) is 9.37. The summed E-state index contributed by atoms with van der Waals surface area (Å²) < 4.78 is 48.1. The van der Waals surface area contributed by atoms with E-state index in [2.05, 4.69) is 13.2 Å². The smallest absolute Gasteiger partial charge is 0.164 e. The van der Waals surface area contributed by atoms with Gasteiger partial charge in [-0.1, -0.05) is 13.2 Å². The van der Waals surface area contributed by atoms with E-state index in [-0.39, 0.29) is 13.2 Å². The molecule has 4 saturated heterocycles. The Morgan fingerprint density at radius 3 is 1.25 bits per heavy atom. The van der Waals surface area contributed by atoms with Crippen molar-refractivity contribution >= 4 is 0 Å². The molecular weight excluding hydrogens is 472 g/mol. The average molecular weight is 515 g/mol. The number of ether oxygens (including phenoxy) is 8. The molecule has 0 aliphatic carbocycles. The van der Waals surface area contributed by atoms with Gasteiger partial charge in [-0.25, -0.2) is 0 Å². The number of rotatable bonds is 5. The lowest BCUT2D eigenvalue weighted by molar-refractivity contribution is -0.274. The molecule has 0 radical (unpaired) electrons. The second-order valence-electron chi connectivity index (χ2n) is 11.9. The lowest BCUT2D eigenvalue weighted by Crippen LogP contribution is -2.58. The van der Waals surface area contributed by atoms with Gasteiger partial charge in [-0.2, -0.15) is 0 Å². The Morgan fingerprint density at radius 1 is 0.583 bits per heavy atom. The first-order chi connectivity index (χ1) is 16.4. The van der Waals surface area contributed by atoms with Gasteiger partial charge in [-0.05, 0) is 66.5 Å². The summed E-state index contributed by atoms with van der Waals surface area (Å²) in [6.07, 6.45) is -7.45. The Balaban J connectivity index is 1.59. The molecule has 2 unspecified atom stereocenters. The molecule has 2 N–H and O–H groups in total. The second-order valence-corrected chi connectivity index (χ2v) is 11.9. The Bertz CT molecular complexity index is 795. The molecule has 0 saturated carbocycles. The molecule has 36 heavy (non-hydrogen) atoms. The summed E-state index contributed by atoms with van der Waals surface area (Å²) in [5.74, 6) is -3.81. The molecule has 0 aromatic carbocycles. The van der Waals surface area contributed by atoms with Gasteiger partial charge in [0.1, 0.15) is 48.8 Å². The fourth-order valence-corrected chi connectivity index (χ4v) is 5.16. The maximum Gasteiger partial charge on any atom is 0.164 e. The first-order valence-electron chi connectivity index (χ1n) is 12.5. The van der Waals surface area contributed by atoms with Crippen LogP contribution in [0.2, 0.25) is 0 Å². The van der Waals surface area contributed by atoms with Crippen molar-refractivity contribution in [3.63, 3.8) is 0 Å². The van der Waals surface area contributed by atoms with Gasteiger partial charge in [0, 0.05) is 0 Å². The first-order valence-corrected chi connectivity index (χ1v) is 12.5. The van der Waals surface area contributed by atoms with E-state index >= 15 is 0 Å². The molecule has 4 aliphatic heterocycles. The summed E-state index contributed by atoms with van der Waals surface area (Å²) in [6, 6.07) is 0.